The summed E-state index contributed by atoms with van der Waals surface area (Å²) < 4.78 is 11.8. The normalized spacial score (nSPS) is 28.6. The fourth-order valence-corrected chi connectivity index (χ4v) is 4.53. The summed E-state index contributed by atoms with van der Waals surface area (Å²) in [6.45, 7) is 4.96. The third-order valence-electron chi connectivity index (χ3n) is 5.87. The molecule has 26 heavy (non-hydrogen) atoms. The lowest BCUT2D eigenvalue weighted by molar-refractivity contribution is -0.131. The lowest BCUT2D eigenvalue weighted by atomic mass is 9.69. The van der Waals surface area contributed by atoms with Crippen LogP contribution in [0.15, 0.2) is 36.9 Å². The van der Waals surface area contributed by atoms with E-state index in [2.05, 4.69) is 12.7 Å². The van der Waals surface area contributed by atoms with Crippen molar-refractivity contribution in [3.8, 4) is 11.5 Å². The second-order valence-corrected chi connectivity index (χ2v) is 7.33. The van der Waals surface area contributed by atoms with Crippen molar-refractivity contribution in [1.82, 2.24) is 4.90 Å². The second-order valence-electron chi connectivity index (χ2n) is 7.33. The number of nitrogens with zero attached hydrogens (tertiary/aromatic N) is 1. The molecule has 0 saturated carbocycles. The van der Waals surface area contributed by atoms with Gasteiger partial charge in [-0.25, -0.2) is 0 Å². The van der Waals surface area contributed by atoms with Crippen molar-refractivity contribution in [1.29, 1.82) is 0 Å². The summed E-state index contributed by atoms with van der Waals surface area (Å²) in [6, 6.07) is 3.96. The van der Waals surface area contributed by atoms with Crippen molar-refractivity contribution in [3.63, 3.8) is 0 Å². The number of hydrogen-bond acceptors (Lipinski definition) is 4. The molecule has 2 unspecified atom stereocenters. The van der Waals surface area contributed by atoms with Gasteiger partial charge in [0.2, 0.25) is 5.91 Å². The van der Waals surface area contributed by atoms with Crippen molar-refractivity contribution in [2.75, 3.05) is 13.7 Å². The monoisotopic (exact) mass is 355 g/mol. The minimum atomic E-state index is -0.497. The van der Waals surface area contributed by atoms with Crippen molar-refractivity contribution in [3.05, 3.63) is 48.1 Å². The van der Waals surface area contributed by atoms with E-state index in [0.717, 1.165) is 23.3 Å². The van der Waals surface area contributed by atoms with Crippen LogP contribution in [-0.4, -0.2) is 41.8 Å². The molecule has 1 aromatic rings. The van der Waals surface area contributed by atoms with Crippen LogP contribution in [0.2, 0.25) is 0 Å². The van der Waals surface area contributed by atoms with Crippen molar-refractivity contribution in [2.45, 2.75) is 49.9 Å². The Kier molecular flexibility index (Phi) is 4.27. The molecular weight excluding hydrogens is 330 g/mol. The van der Waals surface area contributed by atoms with E-state index in [1.807, 2.05) is 23.1 Å². The maximum absolute atomic E-state index is 12.6. The van der Waals surface area contributed by atoms with Gasteiger partial charge < -0.3 is 19.5 Å². The Hall–Kier alpha value is -2.27. The van der Waals surface area contributed by atoms with Gasteiger partial charge in [-0.15, -0.1) is 6.58 Å². The van der Waals surface area contributed by atoms with Gasteiger partial charge in [0.05, 0.1) is 18.6 Å². The molecule has 3 atom stereocenters. The molecule has 2 heterocycles. The number of carbonyl (C=O) groups excluding carboxylic acids is 1. The van der Waals surface area contributed by atoms with Gasteiger partial charge in [-0.05, 0) is 24.5 Å². The maximum atomic E-state index is 12.6. The first kappa shape index (κ1) is 17.2. The molecule has 1 spiro atoms. The van der Waals surface area contributed by atoms with E-state index in [1.54, 1.807) is 13.2 Å². The van der Waals surface area contributed by atoms with Crippen LogP contribution in [0.3, 0.4) is 0 Å². The second kappa shape index (κ2) is 6.47. The number of aliphatic hydroxyl groups is 1. The lowest BCUT2D eigenvalue weighted by Gasteiger charge is -2.35. The van der Waals surface area contributed by atoms with Crippen LogP contribution in [0.5, 0.6) is 11.5 Å². The highest BCUT2D eigenvalue weighted by Gasteiger charge is 2.53. The van der Waals surface area contributed by atoms with Gasteiger partial charge in [-0.1, -0.05) is 24.3 Å². The number of methoxy groups -OCH3 is 1. The van der Waals surface area contributed by atoms with E-state index in [9.17, 15) is 9.90 Å². The van der Waals surface area contributed by atoms with E-state index in [1.165, 1.54) is 0 Å². The third kappa shape index (κ3) is 2.53. The molecule has 0 radical (unpaired) electrons. The van der Waals surface area contributed by atoms with Crippen molar-refractivity contribution >= 4 is 5.91 Å². The first-order chi connectivity index (χ1) is 12.6. The number of ether oxygens (including phenoxy) is 2. The zero-order chi connectivity index (χ0) is 18.3. The molecule has 4 rings (SSSR count). The number of rotatable bonds is 4. The zero-order valence-corrected chi connectivity index (χ0v) is 15.1. The van der Waals surface area contributed by atoms with Gasteiger partial charge in [0.1, 0.15) is 6.10 Å². The Morgan fingerprint density at radius 3 is 3.15 bits per heavy atom. The van der Waals surface area contributed by atoms with E-state index < -0.39 is 6.10 Å². The molecule has 0 aromatic heterocycles. The predicted octanol–water partition coefficient (Wildman–Crippen LogP) is 2.71. The quantitative estimate of drug-likeness (QED) is 0.844. The lowest BCUT2D eigenvalue weighted by Crippen LogP contribution is -2.43. The molecule has 3 aliphatic rings. The number of hydrogen-bond donors (Lipinski definition) is 1. The van der Waals surface area contributed by atoms with Gasteiger partial charge in [-0.3, -0.25) is 4.79 Å². The van der Waals surface area contributed by atoms with Crippen LogP contribution in [0.1, 0.15) is 36.8 Å². The molecular formula is C21H25NO4. The molecule has 138 valence electrons. The molecule has 1 N–H and O–H groups in total. The summed E-state index contributed by atoms with van der Waals surface area (Å²) >= 11 is 0. The summed E-state index contributed by atoms with van der Waals surface area (Å²) in [7, 11) is 1.64. The van der Waals surface area contributed by atoms with Crippen molar-refractivity contribution < 1.29 is 19.4 Å². The Balaban J connectivity index is 1.78. The van der Waals surface area contributed by atoms with Crippen LogP contribution in [-0.2, 0) is 16.8 Å². The molecule has 5 nitrogen and oxygen atoms in total. The van der Waals surface area contributed by atoms with Gasteiger partial charge in [0, 0.05) is 31.5 Å². The number of allylic oxidation sites excluding steroid dienone is 1. The van der Waals surface area contributed by atoms with Gasteiger partial charge >= 0.3 is 0 Å². The highest BCUT2D eigenvalue weighted by molar-refractivity contribution is 5.77. The average molecular weight is 355 g/mol. The molecule has 0 fully saturated rings. The fraction of sp³-hybridized carbons (Fsp3) is 0.476. The number of aliphatic hydroxyl groups excluding tert-OH is 1. The first-order valence-corrected chi connectivity index (χ1v) is 9.22. The smallest absolute Gasteiger partial charge is 0.223 e. The van der Waals surface area contributed by atoms with E-state index in [4.69, 9.17) is 9.47 Å². The summed E-state index contributed by atoms with van der Waals surface area (Å²) in [5.41, 5.74) is 1.93. The Bertz CT molecular complexity index is 772. The van der Waals surface area contributed by atoms with Crippen LogP contribution in [0.25, 0.3) is 0 Å². The number of amides is 1. The molecule has 5 heteroatoms. The zero-order valence-electron chi connectivity index (χ0n) is 15.1. The summed E-state index contributed by atoms with van der Waals surface area (Å²) in [5, 5.41) is 10.1. The number of carbonyl (C=O) groups is 1. The first-order valence-electron chi connectivity index (χ1n) is 9.22. The molecule has 1 amide bonds. The van der Waals surface area contributed by atoms with Gasteiger partial charge in [0.25, 0.3) is 0 Å². The van der Waals surface area contributed by atoms with Crippen LogP contribution in [0, 0.1) is 0 Å². The van der Waals surface area contributed by atoms with E-state index in [0.29, 0.717) is 38.1 Å². The summed E-state index contributed by atoms with van der Waals surface area (Å²) in [6.07, 6.45) is 7.64. The minimum Gasteiger partial charge on any atom is -0.493 e. The fourth-order valence-electron chi connectivity index (χ4n) is 4.53. The van der Waals surface area contributed by atoms with Crippen LogP contribution < -0.4 is 9.47 Å². The number of benzene rings is 1. The summed E-state index contributed by atoms with van der Waals surface area (Å²) in [4.78, 5) is 14.6. The molecule has 2 aliphatic heterocycles. The molecule has 1 aromatic carbocycles. The Morgan fingerprint density at radius 1 is 1.54 bits per heavy atom. The Morgan fingerprint density at radius 2 is 2.38 bits per heavy atom. The molecule has 0 bridgehead atoms. The van der Waals surface area contributed by atoms with Gasteiger partial charge in [-0.2, -0.15) is 0 Å². The average Bonchev–Trinajstić information content (AvgIpc) is 2.87. The van der Waals surface area contributed by atoms with Gasteiger partial charge in [0.15, 0.2) is 11.5 Å². The third-order valence-corrected chi connectivity index (χ3v) is 5.87. The standard InChI is InChI=1S/C21H25NO4/c1-3-4-5-18(24)22-11-10-21-9-8-15(23)12-17(21)26-20-16(25-2)7-6-14(13-22)19(20)21/h3,6-9,15,17,23H,1,4-5,10-13H2,2H3/t15?,17-,21?/m1/s1. The van der Waals surface area contributed by atoms with E-state index in [-0.39, 0.29) is 17.4 Å². The summed E-state index contributed by atoms with van der Waals surface area (Å²) in [5.74, 6) is 1.64. The molecule has 1 aliphatic carbocycles. The molecule has 0 saturated heterocycles. The predicted molar refractivity (Wildman–Crippen MR) is 98.3 cm³/mol. The largest absolute Gasteiger partial charge is 0.493 e. The minimum absolute atomic E-state index is 0.129. The highest BCUT2D eigenvalue weighted by atomic mass is 16.5. The van der Waals surface area contributed by atoms with Crippen LogP contribution in [0.4, 0.5) is 0 Å². The SMILES string of the molecule is C=CCCC(=O)N1CCC23C=CC(O)C[C@H]2Oc2c(OC)ccc(c23)C1. The highest BCUT2D eigenvalue weighted by Crippen LogP contribution is 2.55. The van der Waals surface area contributed by atoms with Crippen LogP contribution >= 0.6 is 0 Å². The topological polar surface area (TPSA) is 59.0 Å². The van der Waals surface area contributed by atoms with E-state index >= 15 is 0 Å². The van der Waals surface area contributed by atoms with Crippen molar-refractivity contribution in [2.24, 2.45) is 0 Å². The Labute approximate surface area is 153 Å². The maximum Gasteiger partial charge on any atom is 0.223 e.